The van der Waals surface area contributed by atoms with E-state index in [1.54, 1.807) is 12.3 Å². The average molecular weight is 740 g/mol. The van der Waals surface area contributed by atoms with Gasteiger partial charge in [0.2, 0.25) is 29.5 Å². The number of amides is 5. The largest absolute Gasteiger partial charge is 0.368 e. The first kappa shape index (κ1) is 36.2. The highest BCUT2D eigenvalue weighted by atomic mass is 79.9. The van der Waals surface area contributed by atoms with Crippen LogP contribution in [0.15, 0.2) is 71.7 Å². The molecule has 2 heterocycles. The van der Waals surface area contributed by atoms with E-state index in [2.05, 4.69) is 52.1 Å². The fourth-order valence-electron chi connectivity index (χ4n) is 5.24. The number of carbonyl (C=O) groups excluding carboxylic acids is 5. The number of halogens is 1. The van der Waals surface area contributed by atoms with Gasteiger partial charge in [-0.15, -0.1) is 0 Å². The van der Waals surface area contributed by atoms with Gasteiger partial charge < -0.3 is 37.0 Å². The summed E-state index contributed by atoms with van der Waals surface area (Å²) in [6.45, 7) is 1.32. The Morgan fingerprint density at radius 2 is 1.54 bits per heavy atom. The number of para-hydroxylation sites is 1. The molecule has 4 rings (SSSR count). The molecule has 15 heteroatoms. The van der Waals surface area contributed by atoms with Crippen LogP contribution in [-0.2, 0) is 43.2 Å². The van der Waals surface area contributed by atoms with E-state index in [9.17, 15) is 24.0 Å². The van der Waals surface area contributed by atoms with Gasteiger partial charge >= 0.3 is 0 Å². The average Bonchev–Trinajstić information content (AvgIpc) is 3.72. The van der Waals surface area contributed by atoms with Crippen molar-refractivity contribution in [3.63, 3.8) is 0 Å². The Labute approximate surface area is 290 Å². The summed E-state index contributed by atoms with van der Waals surface area (Å²) in [5, 5.41) is 11.9. The minimum Gasteiger partial charge on any atom is -0.368 e. The van der Waals surface area contributed by atoms with Crippen LogP contribution in [0.2, 0.25) is 0 Å². The zero-order chi connectivity index (χ0) is 34.6. The number of imidazole rings is 1. The van der Waals surface area contributed by atoms with Crippen LogP contribution in [0.5, 0.6) is 0 Å². The maximum Gasteiger partial charge on any atom is 0.243 e. The Hall–Kier alpha value is -4.63. The summed E-state index contributed by atoms with van der Waals surface area (Å²) < 4.78 is 0.805. The van der Waals surface area contributed by atoms with Crippen LogP contribution in [0.4, 0.5) is 0 Å². The molecule has 0 spiro atoms. The molecule has 0 aliphatic rings. The molecule has 0 unspecified atom stereocenters. The van der Waals surface area contributed by atoms with Gasteiger partial charge in [-0.3, -0.25) is 24.0 Å². The van der Waals surface area contributed by atoms with Gasteiger partial charge in [0.1, 0.15) is 24.2 Å². The number of rotatable bonds is 17. The predicted octanol–water partition coefficient (Wildman–Crippen LogP) is 1.88. The maximum absolute atomic E-state index is 13.8. The van der Waals surface area contributed by atoms with Crippen molar-refractivity contribution in [3.8, 4) is 0 Å². The molecule has 0 saturated carbocycles. The second-order valence-electron chi connectivity index (χ2n) is 11.3. The normalized spacial score (nSPS) is 13.6. The SMILES string of the molecule is CSCC[C@H](NC(=O)[C@@H](Cc1c[nH]c2ccccc12)NC(C)=O)C(=O)N[C@@H](Cc1cnc[nH]1)C(=O)N[C@@H](Cc1cccc(Br)c1)C(N)=O. The maximum atomic E-state index is 13.8. The number of thioether (sulfide) groups is 1. The van der Waals surface area contributed by atoms with Crippen LogP contribution in [0.25, 0.3) is 10.9 Å². The number of nitrogens with one attached hydrogen (secondary N) is 6. The highest BCUT2D eigenvalue weighted by Crippen LogP contribution is 2.19. The molecule has 0 radical (unpaired) electrons. The first-order valence-corrected chi connectivity index (χ1v) is 17.5. The van der Waals surface area contributed by atoms with Gasteiger partial charge in [-0.1, -0.05) is 46.3 Å². The molecule has 48 heavy (non-hydrogen) atoms. The predicted molar refractivity (Wildman–Crippen MR) is 188 cm³/mol. The first-order valence-electron chi connectivity index (χ1n) is 15.3. The third kappa shape index (κ3) is 10.4. The summed E-state index contributed by atoms with van der Waals surface area (Å²) in [6.07, 6.45) is 7.24. The van der Waals surface area contributed by atoms with E-state index in [0.29, 0.717) is 11.4 Å². The number of hydrogen-bond donors (Lipinski definition) is 7. The van der Waals surface area contributed by atoms with Crippen molar-refractivity contribution < 1.29 is 24.0 Å². The molecule has 13 nitrogen and oxygen atoms in total. The Morgan fingerprint density at radius 3 is 2.21 bits per heavy atom. The lowest BCUT2D eigenvalue weighted by molar-refractivity contribution is -0.134. The Morgan fingerprint density at radius 1 is 0.854 bits per heavy atom. The molecule has 4 aromatic rings. The second kappa shape index (κ2) is 17.5. The summed E-state index contributed by atoms with van der Waals surface area (Å²) in [7, 11) is 0. The fraction of sp³-hybridized carbons (Fsp3) is 0.333. The highest BCUT2D eigenvalue weighted by Gasteiger charge is 2.31. The number of aromatic nitrogens is 3. The standard InChI is InChI=1S/C33H39BrN8O5S/c1-19(43)39-28(14-21-16-37-25-9-4-3-8-24(21)25)32(46)40-26(10-11-48-2)31(45)42-29(15-23-17-36-18-38-23)33(47)41-27(30(35)44)13-20-6-5-7-22(34)12-20/h3-9,12,16-18,26-29,37H,10-11,13-15H2,1-2H3,(H2,35,44)(H,36,38)(H,39,43)(H,40,46)(H,41,47)(H,42,45)/t26-,27-,28+,29-/m0/s1. The zero-order valence-corrected chi connectivity index (χ0v) is 29.0. The van der Waals surface area contributed by atoms with Gasteiger partial charge in [0.25, 0.3) is 0 Å². The van der Waals surface area contributed by atoms with Gasteiger partial charge in [-0.2, -0.15) is 11.8 Å². The van der Waals surface area contributed by atoms with E-state index in [0.717, 1.165) is 26.5 Å². The Bertz CT molecular complexity index is 1730. The van der Waals surface area contributed by atoms with E-state index < -0.39 is 53.7 Å². The number of primary amides is 1. The minimum absolute atomic E-state index is 0.0260. The summed E-state index contributed by atoms with van der Waals surface area (Å²) in [5.74, 6) is -2.40. The Kier molecular flexibility index (Phi) is 13.2. The number of H-pyrrole nitrogens is 2. The molecule has 0 bridgehead atoms. The number of fused-ring (bicyclic) bond motifs is 1. The molecule has 5 amide bonds. The minimum atomic E-state index is -1.15. The molecule has 254 valence electrons. The van der Waals surface area contributed by atoms with E-state index in [-0.39, 0.29) is 25.7 Å². The van der Waals surface area contributed by atoms with Crippen LogP contribution in [0, 0.1) is 0 Å². The number of nitrogens with zero attached hydrogens (tertiary/aromatic N) is 1. The van der Waals surface area contributed by atoms with Crippen molar-refractivity contribution in [1.82, 2.24) is 36.2 Å². The summed E-state index contributed by atoms with van der Waals surface area (Å²) in [6, 6.07) is 10.7. The third-order valence-corrected chi connectivity index (χ3v) is 8.77. The zero-order valence-electron chi connectivity index (χ0n) is 26.5. The van der Waals surface area contributed by atoms with Crippen LogP contribution < -0.4 is 27.0 Å². The third-order valence-electron chi connectivity index (χ3n) is 7.64. The molecule has 0 aliphatic carbocycles. The molecule has 2 aromatic heterocycles. The number of benzene rings is 2. The van der Waals surface area contributed by atoms with Gasteiger partial charge in [0, 0.05) is 59.6 Å². The lowest BCUT2D eigenvalue weighted by atomic mass is 10.0. The van der Waals surface area contributed by atoms with Crippen molar-refractivity contribution in [2.75, 3.05) is 12.0 Å². The molecule has 2 aromatic carbocycles. The number of nitrogens with two attached hydrogens (primary N) is 1. The van der Waals surface area contributed by atoms with Gasteiger partial charge in [0.15, 0.2) is 0 Å². The van der Waals surface area contributed by atoms with Gasteiger partial charge in [-0.25, -0.2) is 4.98 Å². The smallest absolute Gasteiger partial charge is 0.243 e. The van der Waals surface area contributed by atoms with Crippen molar-refractivity contribution in [2.24, 2.45) is 5.73 Å². The molecule has 8 N–H and O–H groups in total. The van der Waals surface area contributed by atoms with E-state index in [4.69, 9.17) is 5.73 Å². The summed E-state index contributed by atoms with van der Waals surface area (Å²) in [5.41, 5.74) is 8.71. The fourth-order valence-corrected chi connectivity index (χ4v) is 6.16. The Balaban J connectivity index is 1.52. The number of aromatic amines is 2. The van der Waals surface area contributed by atoms with Crippen molar-refractivity contribution in [3.05, 3.63) is 88.5 Å². The highest BCUT2D eigenvalue weighted by molar-refractivity contribution is 9.10. The number of carbonyl (C=O) groups is 5. The van der Waals surface area contributed by atoms with Crippen LogP contribution in [0.1, 0.15) is 30.2 Å². The van der Waals surface area contributed by atoms with Gasteiger partial charge in [-0.05, 0) is 47.8 Å². The lowest BCUT2D eigenvalue weighted by Crippen LogP contribution is -2.59. The van der Waals surface area contributed by atoms with Crippen LogP contribution >= 0.6 is 27.7 Å². The van der Waals surface area contributed by atoms with Crippen molar-refractivity contribution in [1.29, 1.82) is 0 Å². The molecular formula is C33H39BrN8O5S. The topological polar surface area (TPSA) is 204 Å². The number of hydrogen-bond acceptors (Lipinski definition) is 7. The monoisotopic (exact) mass is 738 g/mol. The lowest BCUT2D eigenvalue weighted by Gasteiger charge is -2.26. The summed E-state index contributed by atoms with van der Waals surface area (Å²) in [4.78, 5) is 75.6. The molecule has 4 atom stereocenters. The van der Waals surface area contributed by atoms with E-state index in [1.165, 1.54) is 31.2 Å². The molecule has 0 saturated heterocycles. The summed E-state index contributed by atoms with van der Waals surface area (Å²) >= 11 is 4.89. The van der Waals surface area contributed by atoms with E-state index in [1.807, 2.05) is 48.7 Å². The van der Waals surface area contributed by atoms with Crippen LogP contribution in [-0.4, -0.2) is 80.7 Å². The van der Waals surface area contributed by atoms with Crippen molar-refractivity contribution >= 4 is 68.1 Å². The quantitative estimate of drug-likeness (QED) is 0.0856. The van der Waals surface area contributed by atoms with Crippen molar-refractivity contribution in [2.45, 2.75) is 56.8 Å². The molecular weight excluding hydrogens is 700 g/mol. The first-order chi connectivity index (χ1) is 23.0. The van der Waals surface area contributed by atoms with Gasteiger partial charge in [0.05, 0.1) is 6.33 Å². The van der Waals surface area contributed by atoms with Crippen LogP contribution in [0.3, 0.4) is 0 Å². The second-order valence-corrected chi connectivity index (χ2v) is 13.2. The molecule has 0 fully saturated rings. The molecule has 0 aliphatic heterocycles. The van der Waals surface area contributed by atoms with E-state index >= 15 is 0 Å².